The highest BCUT2D eigenvalue weighted by Gasteiger charge is 2.13. The average Bonchev–Trinajstić information content (AvgIpc) is 2.38. The van der Waals surface area contributed by atoms with Crippen LogP contribution in [0, 0.1) is 17.1 Å². The van der Waals surface area contributed by atoms with Crippen LogP contribution in [0.15, 0.2) is 48.5 Å². The van der Waals surface area contributed by atoms with Gasteiger partial charge in [-0.15, -0.1) is 0 Å². The molecule has 2 aromatic rings. The Hall–Kier alpha value is -2.47. The number of ketones is 1. The van der Waals surface area contributed by atoms with Crippen molar-refractivity contribution in [2.24, 2.45) is 0 Å². The summed E-state index contributed by atoms with van der Waals surface area (Å²) in [6.45, 7) is 0. The van der Waals surface area contributed by atoms with Crippen molar-refractivity contribution in [2.75, 3.05) is 0 Å². The molecule has 0 unspecified atom stereocenters. The number of nitriles is 1. The molecule has 0 aliphatic rings. The van der Waals surface area contributed by atoms with E-state index in [9.17, 15) is 9.18 Å². The Balaban J connectivity index is 2.45. The summed E-state index contributed by atoms with van der Waals surface area (Å²) in [7, 11) is 0. The van der Waals surface area contributed by atoms with Crippen LogP contribution in [0.1, 0.15) is 21.5 Å². The Morgan fingerprint density at radius 1 is 1.12 bits per heavy atom. The summed E-state index contributed by atoms with van der Waals surface area (Å²) in [5.74, 6) is -0.972. The largest absolute Gasteiger partial charge is 0.288 e. The van der Waals surface area contributed by atoms with Gasteiger partial charge in [-0.3, -0.25) is 4.79 Å². The molecule has 0 saturated carbocycles. The quantitative estimate of drug-likeness (QED) is 0.737. The lowest BCUT2D eigenvalue weighted by molar-refractivity contribution is 0.103. The highest BCUT2D eigenvalue weighted by atomic mass is 19.1. The minimum absolute atomic E-state index is 0.0163. The van der Waals surface area contributed by atoms with Gasteiger partial charge in [-0.1, -0.05) is 24.3 Å². The Labute approximate surface area is 97.9 Å². The van der Waals surface area contributed by atoms with Crippen LogP contribution in [0.2, 0.25) is 0 Å². The predicted octanol–water partition coefficient (Wildman–Crippen LogP) is 2.93. The third kappa shape index (κ3) is 2.21. The van der Waals surface area contributed by atoms with Gasteiger partial charge in [0.05, 0.1) is 17.2 Å². The van der Waals surface area contributed by atoms with E-state index in [0.29, 0.717) is 11.1 Å². The zero-order valence-corrected chi connectivity index (χ0v) is 8.85. The second-order valence-corrected chi connectivity index (χ2v) is 3.50. The number of halogens is 1. The minimum atomic E-state index is -0.556. The van der Waals surface area contributed by atoms with Gasteiger partial charge in [0.2, 0.25) is 0 Å². The summed E-state index contributed by atoms with van der Waals surface area (Å²) in [5.41, 5.74) is 0.712. The van der Waals surface area contributed by atoms with Crippen molar-refractivity contribution >= 4 is 5.78 Å². The van der Waals surface area contributed by atoms with Crippen molar-refractivity contribution in [3.05, 3.63) is 71.0 Å². The van der Waals surface area contributed by atoms with E-state index in [1.165, 1.54) is 24.3 Å². The molecule has 2 aromatic carbocycles. The molecule has 0 fully saturated rings. The van der Waals surface area contributed by atoms with Crippen molar-refractivity contribution in [1.82, 2.24) is 0 Å². The molecule has 0 atom stereocenters. The molecule has 2 rings (SSSR count). The van der Waals surface area contributed by atoms with E-state index >= 15 is 0 Å². The SMILES string of the molecule is N#Cc1cccc(C(=O)c2ccccc2F)c1. The van der Waals surface area contributed by atoms with E-state index in [1.807, 2.05) is 6.07 Å². The van der Waals surface area contributed by atoms with Crippen molar-refractivity contribution < 1.29 is 9.18 Å². The zero-order chi connectivity index (χ0) is 12.3. The van der Waals surface area contributed by atoms with Crippen molar-refractivity contribution in [3.63, 3.8) is 0 Å². The molecule has 0 aromatic heterocycles. The van der Waals surface area contributed by atoms with Crippen LogP contribution in [0.5, 0.6) is 0 Å². The normalized spacial score (nSPS) is 9.65. The fourth-order valence-electron chi connectivity index (χ4n) is 1.53. The van der Waals surface area contributed by atoms with Crippen LogP contribution in [0.25, 0.3) is 0 Å². The molecule has 0 amide bonds. The van der Waals surface area contributed by atoms with Crippen LogP contribution in [-0.4, -0.2) is 5.78 Å². The molecule has 0 saturated heterocycles. The maximum absolute atomic E-state index is 13.4. The van der Waals surface area contributed by atoms with Crippen LogP contribution < -0.4 is 0 Å². The van der Waals surface area contributed by atoms with Gasteiger partial charge >= 0.3 is 0 Å². The molecule has 3 heteroatoms. The van der Waals surface area contributed by atoms with Gasteiger partial charge in [0, 0.05) is 5.56 Å². The first-order valence-corrected chi connectivity index (χ1v) is 5.02. The van der Waals surface area contributed by atoms with Gasteiger partial charge in [0.1, 0.15) is 5.82 Å². The Bertz CT molecular complexity index is 614. The number of carbonyl (C=O) groups excluding carboxylic acids is 1. The van der Waals surface area contributed by atoms with Crippen molar-refractivity contribution in [2.45, 2.75) is 0 Å². The summed E-state index contributed by atoms with van der Waals surface area (Å²) in [6.07, 6.45) is 0. The number of benzene rings is 2. The first kappa shape index (κ1) is 11.0. The topological polar surface area (TPSA) is 40.9 Å². The molecule has 0 radical (unpaired) electrons. The summed E-state index contributed by atoms with van der Waals surface area (Å²) >= 11 is 0. The van der Waals surface area contributed by atoms with Gasteiger partial charge in [-0.05, 0) is 24.3 Å². The van der Waals surface area contributed by atoms with Crippen LogP contribution in [0.4, 0.5) is 4.39 Å². The highest BCUT2D eigenvalue weighted by molar-refractivity contribution is 6.09. The van der Waals surface area contributed by atoms with E-state index in [1.54, 1.807) is 24.3 Å². The molecular formula is C14H8FNO. The molecule has 82 valence electrons. The number of nitrogens with zero attached hydrogens (tertiary/aromatic N) is 1. The third-order valence-corrected chi connectivity index (χ3v) is 2.37. The molecular weight excluding hydrogens is 217 g/mol. The van der Waals surface area contributed by atoms with Gasteiger partial charge in [-0.25, -0.2) is 4.39 Å². The molecule has 0 aliphatic heterocycles. The summed E-state index contributed by atoms with van der Waals surface area (Å²) in [4.78, 5) is 12.0. The lowest BCUT2D eigenvalue weighted by atomic mass is 10.0. The summed E-state index contributed by atoms with van der Waals surface area (Å²) in [6, 6.07) is 14.0. The lowest BCUT2D eigenvalue weighted by Crippen LogP contribution is -2.04. The number of carbonyl (C=O) groups is 1. The molecule has 0 N–H and O–H groups in total. The maximum Gasteiger partial charge on any atom is 0.196 e. The standard InChI is InChI=1S/C14H8FNO/c15-13-7-2-1-6-12(13)14(17)11-5-3-4-10(8-11)9-16/h1-8H. The first-order valence-electron chi connectivity index (χ1n) is 5.02. The van der Waals surface area contributed by atoms with E-state index in [-0.39, 0.29) is 5.56 Å². The van der Waals surface area contributed by atoms with Crippen LogP contribution >= 0.6 is 0 Å². The van der Waals surface area contributed by atoms with Gasteiger partial charge in [0.25, 0.3) is 0 Å². The molecule has 0 spiro atoms. The smallest absolute Gasteiger partial charge is 0.196 e. The number of hydrogen-bond acceptors (Lipinski definition) is 2. The van der Waals surface area contributed by atoms with Crippen LogP contribution in [-0.2, 0) is 0 Å². The van der Waals surface area contributed by atoms with E-state index in [2.05, 4.69) is 0 Å². The minimum Gasteiger partial charge on any atom is -0.288 e. The summed E-state index contributed by atoms with van der Waals surface area (Å²) in [5, 5.41) is 8.73. The molecule has 0 bridgehead atoms. The fourth-order valence-corrected chi connectivity index (χ4v) is 1.53. The number of rotatable bonds is 2. The van der Waals surface area contributed by atoms with Crippen molar-refractivity contribution in [3.8, 4) is 6.07 Å². The molecule has 17 heavy (non-hydrogen) atoms. The van der Waals surface area contributed by atoms with E-state index < -0.39 is 11.6 Å². The number of hydrogen-bond donors (Lipinski definition) is 0. The third-order valence-electron chi connectivity index (χ3n) is 2.37. The molecule has 0 aliphatic carbocycles. The van der Waals surface area contributed by atoms with Gasteiger partial charge in [0.15, 0.2) is 5.78 Å². The highest BCUT2D eigenvalue weighted by Crippen LogP contribution is 2.14. The predicted molar refractivity (Wildman–Crippen MR) is 61.0 cm³/mol. The van der Waals surface area contributed by atoms with E-state index in [0.717, 1.165) is 0 Å². The van der Waals surface area contributed by atoms with Gasteiger partial charge < -0.3 is 0 Å². The second-order valence-electron chi connectivity index (χ2n) is 3.50. The second kappa shape index (κ2) is 4.58. The monoisotopic (exact) mass is 225 g/mol. The Morgan fingerprint density at radius 2 is 1.88 bits per heavy atom. The Morgan fingerprint density at radius 3 is 2.59 bits per heavy atom. The van der Waals surface area contributed by atoms with Crippen molar-refractivity contribution in [1.29, 1.82) is 5.26 Å². The molecule has 0 heterocycles. The summed E-state index contributed by atoms with van der Waals surface area (Å²) < 4.78 is 13.4. The molecule has 2 nitrogen and oxygen atoms in total. The average molecular weight is 225 g/mol. The van der Waals surface area contributed by atoms with E-state index in [4.69, 9.17) is 5.26 Å². The fraction of sp³-hybridized carbons (Fsp3) is 0. The van der Waals surface area contributed by atoms with Gasteiger partial charge in [-0.2, -0.15) is 5.26 Å². The lowest BCUT2D eigenvalue weighted by Gasteiger charge is -2.02. The first-order chi connectivity index (χ1) is 8.22. The Kier molecular flexibility index (Phi) is 2.97. The zero-order valence-electron chi connectivity index (χ0n) is 8.85. The maximum atomic E-state index is 13.4. The van der Waals surface area contributed by atoms with Crippen LogP contribution in [0.3, 0.4) is 0 Å².